The van der Waals surface area contributed by atoms with E-state index in [0.717, 1.165) is 49.1 Å². The first-order chi connectivity index (χ1) is 13.7. The van der Waals surface area contributed by atoms with Gasteiger partial charge in [0.2, 0.25) is 0 Å². The summed E-state index contributed by atoms with van der Waals surface area (Å²) in [6.45, 7) is 3.11. The average Bonchev–Trinajstić information content (AvgIpc) is 3.47. The van der Waals surface area contributed by atoms with E-state index in [9.17, 15) is 5.11 Å². The number of rotatable bonds is 5. The second-order valence-electron chi connectivity index (χ2n) is 7.03. The number of hydrogen-bond acceptors (Lipinski definition) is 6. The van der Waals surface area contributed by atoms with Gasteiger partial charge in [0, 0.05) is 38.7 Å². The summed E-state index contributed by atoms with van der Waals surface area (Å²) in [5.74, 6) is 2.29. The van der Waals surface area contributed by atoms with E-state index < -0.39 is 6.10 Å². The van der Waals surface area contributed by atoms with Gasteiger partial charge < -0.3 is 14.1 Å². The molecule has 0 aliphatic carbocycles. The Balaban J connectivity index is 1.29. The molecule has 1 atom stereocenters. The molecular weight excluding hydrogens is 358 g/mol. The van der Waals surface area contributed by atoms with Crippen LogP contribution in [0.1, 0.15) is 29.1 Å². The second kappa shape index (κ2) is 6.77. The van der Waals surface area contributed by atoms with Gasteiger partial charge in [-0.2, -0.15) is 10.2 Å². The third-order valence-corrected chi connectivity index (χ3v) is 5.09. The molecule has 4 aromatic rings. The fraction of sp³-hybridized carbons (Fsp3) is 0.316. The molecule has 1 aliphatic heterocycles. The Kier molecular flexibility index (Phi) is 4.10. The van der Waals surface area contributed by atoms with Crippen molar-refractivity contribution in [3.05, 3.63) is 65.8 Å². The summed E-state index contributed by atoms with van der Waals surface area (Å²) in [6.07, 6.45) is 4.38. The fourth-order valence-electron chi connectivity index (χ4n) is 3.61. The first kappa shape index (κ1) is 17.0. The molecule has 0 saturated carbocycles. The van der Waals surface area contributed by atoms with Gasteiger partial charge in [0.1, 0.15) is 17.3 Å². The number of nitrogens with zero attached hydrogens (tertiary/aromatic N) is 6. The van der Waals surface area contributed by atoms with Gasteiger partial charge >= 0.3 is 0 Å². The van der Waals surface area contributed by atoms with Crippen molar-refractivity contribution in [2.75, 3.05) is 6.54 Å². The number of fused-ring (bicyclic) bond motifs is 1. The zero-order valence-corrected chi connectivity index (χ0v) is 15.5. The van der Waals surface area contributed by atoms with Crippen LogP contribution in [0.25, 0.3) is 11.5 Å². The molecule has 0 unspecified atom stereocenters. The predicted molar refractivity (Wildman–Crippen MR) is 99.9 cm³/mol. The molecule has 0 bridgehead atoms. The molecule has 1 aliphatic rings. The molecule has 5 rings (SSSR count). The summed E-state index contributed by atoms with van der Waals surface area (Å²) in [5, 5.41) is 22.1. The zero-order chi connectivity index (χ0) is 19.1. The molecule has 9 nitrogen and oxygen atoms in total. The van der Waals surface area contributed by atoms with Crippen molar-refractivity contribution in [1.29, 1.82) is 0 Å². The van der Waals surface area contributed by atoms with Gasteiger partial charge in [0.05, 0.1) is 24.5 Å². The van der Waals surface area contributed by atoms with Crippen molar-refractivity contribution in [2.24, 2.45) is 7.05 Å². The van der Waals surface area contributed by atoms with Gasteiger partial charge in [0.25, 0.3) is 0 Å². The van der Waals surface area contributed by atoms with Crippen LogP contribution in [0, 0.1) is 0 Å². The van der Waals surface area contributed by atoms with E-state index in [4.69, 9.17) is 4.42 Å². The highest BCUT2D eigenvalue weighted by molar-refractivity contribution is 5.51. The average molecular weight is 379 g/mol. The summed E-state index contributed by atoms with van der Waals surface area (Å²) >= 11 is 0. The maximum Gasteiger partial charge on any atom is 0.155 e. The van der Waals surface area contributed by atoms with Crippen molar-refractivity contribution in [2.45, 2.75) is 25.7 Å². The molecule has 28 heavy (non-hydrogen) atoms. The van der Waals surface area contributed by atoms with E-state index in [1.54, 1.807) is 12.4 Å². The lowest BCUT2D eigenvalue weighted by molar-refractivity contribution is 0.187. The Morgan fingerprint density at radius 3 is 2.96 bits per heavy atom. The molecule has 144 valence electrons. The number of nitrogens with one attached hydrogen (secondary N) is 1. The van der Waals surface area contributed by atoms with Crippen LogP contribution in [0.4, 0.5) is 0 Å². The Hall–Kier alpha value is -3.17. The fourth-order valence-corrected chi connectivity index (χ4v) is 3.61. The van der Waals surface area contributed by atoms with Crippen LogP contribution < -0.4 is 0 Å². The molecule has 0 spiro atoms. The van der Waals surface area contributed by atoms with Crippen molar-refractivity contribution in [3.63, 3.8) is 0 Å². The number of aliphatic hydroxyl groups is 1. The quantitative estimate of drug-likeness (QED) is 0.547. The van der Waals surface area contributed by atoms with Gasteiger partial charge in [-0.05, 0) is 24.3 Å². The maximum atomic E-state index is 10.6. The lowest BCUT2D eigenvalue weighted by atomic mass is 10.2. The number of furan rings is 1. The summed E-state index contributed by atoms with van der Waals surface area (Å²) in [6, 6.07) is 7.80. The van der Waals surface area contributed by atoms with E-state index in [-0.39, 0.29) is 0 Å². The maximum absolute atomic E-state index is 10.6. The topological polar surface area (TPSA) is 101 Å². The highest BCUT2D eigenvalue weighted by Gasteiger charge is 2.24. The van der Waals surface area contributed by atoms with Crippen LogP contribution >= 0.6 is 0 Å². The SMILES string of the molecule is Cn1ccnc1[C@@H](O)c1cc2n(n1)CCN(Cc1ccc(-c3ccn[nH]3)o1)C2. The van der Waals surface area contributed by atoms with Crippen molar-refractivity contribution < 1.29 is 9.52 Å². The molecule has 0 radical (unpaired) electrons. The third kappa shape index (κ3) is 3.04. The molecule has 0 aromatic carbocycles. The lowest BCUT2D eigenvalue weighted by Crippen LogP contribution is -2.33. The number of hydrogen-bond donors (Lipinski definition) is 2. The first-order valence-electron chi connectivity index (χ1n) is 9.20. The number of aromatic amines is 1. The Bertz CT molecular complexity index is 1080. The Morgan fingerprint density at radius 1 is 1.25 bits per heavy atom. The number of aromatic nitrogens is 6. The van der Waals surface area contributed by atoms with Crippen LogP contribution in [0.2, 0.25) is 0 Å². The number of H-pyrrole nitrogens is 1. The van der Waals surface area contributed by atoms with E-state index in [2.05, 4.69) is 25.2 Å². The molecule has 0 fully saturated rings. The zero-order valence-electron chi connectivity index (χ0n) is 15.5. The van der Waals surface area contributed by atoms with Gasteiger partial charge in [-0.15, -0.1) is 0 Å². The molecular formula is C19H21N7O2. The minimum atomic E-state index is -0.825. The van der Waals surface area contributed by atoms with Gasteiger partial charge in [-0.3, -0.25) is 14.7 Å². The van der Waals surface area contributed by atoms with Crippen LogP contribution in [-0.2, 0) is 26.7 Å². The van der Waals surface area contributed by atoms with Crippen molar-refractivity contribution in [3.8, 4) is 11.5 Å². The molecule has 9 heteroatoms. The minimum Gasteiger partial charge on any atom is -0.458 e. The minimum absolute atomic E-state index is 0.592. The summed E-state index contributed by atoms with van der Waals surface area (Å²) in [4.78, 5) is 6.54. The second-order valence-corrected chi connectivity index (χ2v) is 7.03. The smallest absolute Gasteiger partial charge is 0.155 e. The predicted octanol–water partition coefficient (Wildman–Crippen LogP) is 1.70. The van der Waals surface area contributed by atoms with Crippen LogP contribution in [0.3, 0.4) is 0 Å². The highest BCUT2D eigenvalue weighted by atomic mass is 16.3. The molecule has 5 heterocycles. The van der Waals surface area contributed by atoms with Crippen LogP contribution in [0.15, 0.2) is 47.3 Å². The van der Waals surface area contributed by atoms with E-state index in [1.807, 2.05) is 46.8 Å². The van der Waals surface area contributed by atoms with Crippen LogP contribution in [0.5, 0.6) is 0 Å². The van der Waals surface area contributed by atoms with Gasteiger partial charge in [-0.1, -0.05) is 0 Å². The monoisotopic (exact) mass is 379 g/mol. The standard InChI is InChI=1S/C19H21N7O2/c1-24-7-6-20-19(24)18(27)16-10-13-11-25(8-9-26(13)23-16)12-14-2-3-17(28-14)15-4-5-21-22-15/h2-7,10,18,27H,8-9,11-12H2,1H3,(H,21,22)/t18-/m0/s1. The highest BCUT2D eigenvalue weighted by Crippen LogP contribution is 2.25. The molecule has 2 N–H and O–H groups in total. The summed E-state index contributed by atoms with van der Waals surface area (Å²) < 4.78 is 9.72. The third-order valence-electron chi connectivity index (χ3n) is 5.09. The first-order valence-corrected chi connectivity index (χ1v) is 9.20. The molecule has 4 aromatic heterocycles. The molecule has 0 amide bonds. The summed E-state index contributed by atoms with van der Waals surface area (Å²) in [5.41, 5.74) is 2.58. The number of imidazole rings is 1. The largest absolute Gasteiger partial charge is 0.458 e. The van der Waals surface area contributed by atoms with Crippen molar-refractivity contribution in [1.82, 2.24) is 34.4 Å². The van der Waals surface area contributed by atoms with Crippen molar-refractivity contribution >= 4 is 0 Å². The van der Waals surface area contributed by atoms with Crippen LogP contribution in [-0.4, -0.2) is 46.1 Å². The Morgan fingerprint density at radius 2 is 2.18 bits per heavy atom. The number of aryl methyl sites for hydroxylation is 1. The Labute approximate surface area is 161 Å². The number of aliphatic hydroxyl groups excluding tert-OH is 1. The van der Waals surface area contributed by atoms with E-state index in [1.165, 1.54) is 0 Å². The van der Waals surface area contributed by atoms with E-state index >= 15 is 0 Å². The van der Waals surface area contributed by atoms with E-state index in [0.29, 0.717) is 11.5 Å². The summed E-state index contributed by atoms with van der Waals surface area (Å²) in [7, 11) is 1.87. The lowest BCUT2D eigenvalue weighted by Gasteiger charge is -2.26. The normalized spacial score (nSPS) is 15.6. The molecule has 0 saturated heterocycles. The van der Waals surface area contributed by atoms with Gasteiger partial charge in [-0.25, -0.2) is 4.98 Å². The van der Waals surface area contributed by atoms with Gasteiger partial charge in [0.15, 0.2) is 11.9 Å².